The molecule has 0 spiro atoms. The van der Waals surface area contributed by atoms with Crippen LogP contribution in [-0.4, -0.2) is 30.2 Å². The lowest BCUT2D eigenvalue weighted by atomic mass is 9.84. The molecule has 2 atom stereocenters. The van der Waals surface area contributed by atoms with Crippen LogP contribution in [0.15, 0.2) is 30.3 Å². The standard InChI is InChI=1S/C15H19NO4/c1-20-15(19)13(17)12(10-6-3-2-4-7-10)16-14(18)11-8-5-9-11/h2-4,6-7,11-13,17H,5,8-9H2,1H3,(H,16,18)/t12-,13-/m1/s1. The maximum atomic E-state index is 12.1. The first-order chi connectivity index (χ1) is 9.63. The third-order valence-corrected chi connectivity index (χ3v) is 3.69. The molecule has 2 N–H and O–H groups in total. The van der Waals surface area contributed by atoms with Crippen molar-refractivity contribution in [2.75, 3.05) is 7.11 Å². The molecule has 108 valence electrons. The Labute approximate surface area is 117 Å². The average molecular weight is 277 g/mol. The second kappa shape index (κ2) is 6.52. The van der Waals surface area contributed by atoms with Crippen molar-refractivity contribution in [3.63, 3.8) is 0 Å². The Kier molecular flexibility index (Phi) is 4.74. The van der Waals surface area contributed by atoms with Crippen molar-refractivity contribution < 1.29 is 19.4 Å². The fourth-order valence-electron chi connectivity index (χ4n) is 2.20. The van der Waals surface area contributed by atoms with Gasteiger partial charge in [0.2, 0.25) is 5.91 Å². The van der Waals surface area contributed by atoms with E-state index in [0.29, 0.717) is 5.56 Å². The first-order valence-corrected chi connectivity index (χ1v) is 6.74. The van der Waals surface area contributed by atoms with Crippen LogP contribution in [0.3, 0.4) is 0 Å². The fourth-order valence-corrected chi connectivity index (χ4v) is 2.20. The Balaban J connectivity index is 2.15. The summed E-state index contributed by atoms with van der Waals surface area (Å²) in [4.78, 5) is 23.6. The number of hydrogen-bond donors (Lipinski definition) is 2. The van der Waals surface area contributed by atoms with Gasteiger partial charge in [-0.05, 0) is 18.4 Å². The quantitative estimate of drug-likeness (QED) is 0.792. The van der Waals surface area contributed by atoms with Crippen molar-refractivity contribution in [2.24, 2.45) is 5.92 Å². The third-order valence-electron chi connectivity index (χ3n) is 3.69. The van der Waals surface area contributed by atoms with E-state index in [4.69, 9.17) is 0 Å². The zero-order valence-electron chi connectivity index (χ0n) is 11.4. The van der Waals surface area contributed by atoms with Gasteiger partial charge < -0.3 is 15.2 Å². The molecule has 0 bridgehead atoms. The lowest BCUT2D eigenvalue weighted by molar-refractivity contribution is -0.152. The fraction of sp³-hybridized carbons (Fsp3) is 0.467. The number of nitrogens with one attached hydrogen (secondary N) is 1. The number of benzene rings is 1. The van der Waals surface area contributed by atoms with Crippen LogP contribution in [0.2, 0.25) is 0 Å². The number of methoxy groups -OCH3 is 1. The van der Waals surface area contributed by atoms with Crippen molar-refractivity contribution in [1.82, 2.24) is 5.32 Å². The molecule has 1 aromatic carbocycles. The number of aliphatic hydroxyl groups excluding tert-OH is 1. The normalized spacial score (nSPS) is 17.7. The molecular formula is C15H19NO4. The van der Waals surface area contributed by atoms with E-state index in [2.05, 4.69) is 10.1 Å². The highest BCUT2D eigenvalue weighted by Crippen LogP contribution is 2.28. The molecular weight excluding hydrogens is 258 g/mol. The van der Waals surface area contributed by atoms with E-state index in [9.17, 15) is 14.7 Å². The van der Waals surface area contributed by atoms with Crippen molar-refractivity contribution in [1.29, 1.82) is 0 Å². The first kappa shape index (κ1) is 14.5. The largest absolute Gasteiger partial charge is 0.467 e. The topological polar surface area (TPSA) is 75.6 Å². The van der Waals surface area contributed by atoms with Crippen LogP contribution in [0.5, 0.6) is 0 Å². The molecule has 5 nitrogen and oxygen atoms in total. The molecule has 0 saturated heterocycles. The van der Waals surface area contributed by atoms with E-state index < -0.39 is 18.1 Å². The van der Waals surface area contributed by atoms with E-state index in [1.54, 1.807) is 24.3 Å². The van der Waals surface area contributed by atoms with Crippen molar-refractivity contribution in [2.45, 2.75) is 31.4 Å². The second-order valence-electron chi connectivity index (χ2n) is 4.99. The SMILES string of the molecule is COC(=O)[C@H](O)[C@H](NC(=O)C1CCC1)c1ccccc1. The van der Waals surface area contributed by atoms with Gasteiger partial charge in [0.25, 0.3) is 0 Å². The summed E-state index contributed by atoms with van der Waals surface area (Å²) >= 11 is 0. The Morgan fingerprint density at radius 1 is 1.30 bits per heavy atom. The van der Waals surface area contributed by atoms with Crippen LogP contribution in [-0.2, 0) is 14.3 Å². The molecule has 1 fully saturated rings. The van der Waals surface area contributed by atoms with Gasteiger partial charge in [-0.25, -0.2) is 4.79 Å². The summed E-state index contributed by atoms with van der Waals surface area (Å²) in [5.74, 6) is -0.883. The third kappa shape index (κ3) is 3.17. The van der Waals surface area contributed by atoms with Crippen LogP contribution in [0, 0.1) is 5.92 Å². The van der Waals surface area contributed by atoms with Gasteiger partial charge in [-0.1, -0.05) is 36.8 Å². The zero-order chi connectivity index (χ0) is 14.5. The zero-order valence-corrected chi connectivity index (χ0v) is 11.4. The van der Waals surface area contributed by atoms with E-state index in [1.165, 1.54) is 7.11 Å². The van der Waals surface area contributed by atoms with E-state index >= 15 is 0 Å². The van der Waals surface area contributed by atoms with Crippen molar-refractivity contribution >= 4 is 11.9 Å². The summed E-state index contributed by atoms with van der Waals surface area (Å²) in [5, 5.41) is 12.8. The van der Waals surface area contributed by atoms with Crippen molar-refractivity contribution in [3.8, 4) is 0 Å². The minimum Gasteiger partial charge on any atom is -0.467 e. The number of rotatable bonds is 5. The summed E-state index contributed by atoms with van der Waals surface area (Å²) in [6.45, 7) is 0. The molecule has 1 aliphatic carbocycles. The lowest BCUT2D eigenvalue weighted by Gasteiger charge is -2.29. The number of carbonyl (C=O) groups excluding carboxylic acids is 2. The molecule has 0 aromatic heterocycles. The highest BCUT2D eigenvalue weighted by molar-refractivity contribution is 5.82. The second-order valence-corrected chi connectivity index (χ2v) is 4.99. The summed E-state index contributed by atoms with van der Waals surface area (Å²) in [6.07, 6.45) is 1.36. The molecule has 1 aliphatic rings. The maximum absolute atomic E-state index is 12.1. The molecule has 1 aromatic rings. The molecule has 20 heavy (non-hydrogen) atoms. The van der Waals surface area contributed by atoms with Gasteiger partial charge in [-0.2, -0.15) is 0 Å². The van der Waals surface area contributed by atoms with Gasteiger partial charge in [0.15, 0.2) is 6.10 Å². The Morgan fingerprint density at radius 2 is 1.95 bits per heavy atom. The summed E-state index contributed by atoms with van der Waals surface area (Å²) < 4.78 is 4.56. The van der Waals surface area contributed by atoms with Crippen LogP contribution in [0.25, 0.3) is 0 Å². The molecule has 5 heteroatoms. The number of amides is 1. The molecule has 1 saturated carbocycles. The number of aliphatic hydroxyl groups is 1. The Hall–Kier alpha value is -1.88. The van der Waals surface area contributed by atoms with Gasteiger partial charge in [0, 0.05) is 5.92 Å². The molecule has 2 rings (SSSR count). The van der Waals surface area contributed by atoms with Crippen LogP contribution in [0.1, 0.15) is 30.9 Å². The minimum absolute atomic E-state index is 0.00828. The van der Waals surface area contributed by atoms with Gasteiger partial charge in [-0.15, -0.1) is 0 Å². The predicted octanol–water partition coefficient (Wildman–Crippen LogP) is 1.18. The summed E-state index contributed by atoms with van der Waals surface area (Å²) in [6, 6.07) is 8.16. The monoisotopic (exact) mass is 277 g/mol. The minimum atomic E-state index is -1.41. The van der Waals surface area contributed by atoms with E-state index in [0.717, 1.165) is 19.3 Å². The van der Waals surface area contributed by atoms with Gasteiger partial charge in [0.1, 0.15) is 0 Å². The number of ether oxygens (including phenoxy) is 1. The Bertz CT molecular complexity index is 470. The molecule has 0 radical (unpaired) electrons. The highest BCUT2D eigenvalue weighted by Gasteiger charge is 2.33. The molecule has 0 unspecified atom stereocenters. The Morgan fingerprint density at radius 3 is 2.45 bits per heavy atom. The van der Waals surface area contributed by atoms with Gasteiger partial charge in [0.05, 0.1) is 13.2 Å². The number of carbonyl (C=O) groups is 2. The molecule has 0 heterocycles. The molecule has 1 amide bonds. The first-order valence-electron chi connectivity index (χ1n) is 6.74. The summed E-state index contributed by atoms with van der Waals surface area (Å²) in [5.41, 5.74) is 0.679. The van der Waals surface area contributed by atoms with E-state index in [-0.39, 0.29) is 11.8 Å². The number of hydrogen-bond acceptors (Lipinski definition) is 4. The van der Waals surface area contributed by atoms with Gasteiger partial charge in [-0.3, -0.25) is 4.79 Å². The van der Waals surface area contributed by atoms with Crippen molar-refractivity contribution in [3.05, 3.63) is 35.9 Å². The van der Waals surface area contributed by atoms with E-state index in [1.807, 2.05) is 6.07 Å². The maximum Gasteiger partial charge on any atom is 0.337 e. The predicted molar refractivity (Wildman–Crippen MR) is 72.7 cm³/mol. The molecule has 0 aliphatic heterocycles. The average Bonchev–Trinajstić information content (AvgIpc) is 2.42. The van der Waals surface area contributed by atoms with Crippen LogP contribution in [0.4, 0.5) is 0 Å². The lowest BCUT2D eigenvalue weighted by Crippen LogP contribution is -2.44. The van der Waals surface area contributed by atoms with Crippen LogP contribution < -0.4 is 5.32 Å². The number of esters is 1. The highest BCUT2D eigenvalue weighted by atomic mass is 16.5. The van der Waals surface area contributed by atoms with Gasteiger partial charge >= 0.3 is 5.97 Å². The van der Waals surface area contributed by atoms with Crippen LogP contribution >= 0.6 is 0 Å². The smallest absolute Gasteiger partial charge is 0.337 e. The summed E-state index contributed by atoms with van der Waals surface area (Å²) in [7, 11) is 1.21.